The third-order valence-electron chi connectivity index (χ3n) is 3.00. The third-order valence-corrected chi connectivity index (χ3v) is 3.00. The van der Waals surface area contributed by atoms with Crippen LogP contribution in [0.5, 0.6) is 0 Å². The van der Waals surface area contributed by atoms with Crippen LogP contribution in [0.2, 0.25) is 0 Å². The fourth-order valence-corrected chi connectivity index (χ4v) is 1.57. The molecule has 1 aromatic heterocycles. The highest BCUT2D eigenvalue weighted by molar-refractivity contribution is 5.03. The van der Waals surface area contributed by atoms with Gasteiger partial charge in [0.05, 0.1) is 6.20 Å². The molecule has 2 rings (SSSR count). The highest BCUT2D eigenvalue weighted by Gasteiger charge is 2.36. The Bertz CT molecular complexity index is 299. The van der Waals surface area contributed by atoms with Gasteiger partial charge in [-0.1, -0.05) is 6.92 Å². The molecule has 0 bridgehead atoms. The van der Waals surface area contributed by atoms with Crippen LogP contribution < -0.4 is 5.32 Å². The maximum Gasteiger partial charge on any atom is 0.0534 e. The molecule has 1 heterocycles. The summed E-state index contributed by atoms with van der Waals surface area (Å²) >= 11 is 0. The number of nitrogens with zero attached hydrogens (tertiary/aromatic N) is 2. The lowest BCUT2D eigenvalue weighted by atomic mass is 10.1. The van der Waals surface area contributed by atoms with E-state index in [1.165, 1.54) is 18.4 Å². The fourth-order valence-electron chi connectivity index (χ4n) is 1.57. The van der Waals surface area contributed by atoms with E-state index in [1.54, 1.807) is 0 Å². The monoisotopic (exact) mass is 193 g/mol. The van der Waals surface area contributed by atoms with Crippen LogP contribution in [-0.4, -0.2) is 16.3 Å². The number of aromatic nitrogens is 2. The van der Waals surface area contributed by atoms with Crippen molar-refractivity contribution in [2.24, 2.45) is 5.41 Å². The number of aryl methyl sites for hydroxylation is 1. The average molecular weight is 193 g/mol. The summed E-state index contributed by atoms with van der Waals surface area (Å²) in [7, 11) is 0. The summed E-state index contributed by atoms with van der Waals surface area (Å²) in [6.45, 7) is 7.50. The zero-order valence-corrected chi connectivity index (χ0v) is 9.08. The highest BCUT2D eigenvalue weighted by atomic mass is 15.3. The Kier molecular flexibility index (Phi) is 2.59. The van der Waals surface area contributed by atoms with Gasteiger partial charge in [-0.15, -0.1) is 0 Å². The molecule has 1 saturated carbocycles. The van der Waals surface area contributed by atoms with Gasteiger partial charge in [0, 0.05) is 31.4 Å². The minimum absolute atomic E-state index is 0.598. The molecule has 0 spiro atoms. The molecule has 14 heavy (non-hydrogen) atoms. The molecule has 1 fully saturated rings. The molecule has 0 aromatic carbocycles. The van der Waals surface area contributed by atoms with Gasteiger partial charge in [0.1, 0.15) is 0 Å². The Morgan fingerprint density at radius 3 is 2.93 bits per heavy atom. The first kappa shape index (κ1) is 9.71. The second kappa shape index (κ2) is 3.73. The van der Waals surface area contributed by atoms with E-state index < -0.39 is 0 Å². The lowest BCUT2D eigenvalue weighted by Gasteiger charge is -2.08. The van der Waals surface area contributed by atoms with Crippen molar-refractivity contribution in [3.63, 3.8) is 0 Å². The Labute approximate surface area is 85.5 Å². The third kappa shape index (κ3) is 2.35. The first-order valence-electron chi connectivity index (χ1n) is 5.44. The maximum absolute atomic E-state index is 4.24. The molecular formula is C11H19N3. The Balaban J connectivity index is 1.74. The van der Waals surface area contributed by atoms with E-state index in [4.69, 9.17) is 0 Å². The molecule has 0 aliphatic heterocycles. The van der Waals surface area contributed by atoms with Crippen LogP contribution in [0.1, 0.15) is 32.3 Å². The maximum atomic E-state index is 4.24. The van der Waals surface area contributed by atoms with Crippen molar-refractivity contribution >= 4 is 0 Å². The lowest BCUT2D eigenvalue weighted by Crippen LogP contribution is -2.21. The minimum Gasteiger partial charge on any atom is -0.312 e. The normalized spacial score (nSPS) is 18.4. The van der Waals surface area contributed by atoms with Crippen LogP contribution in [0.15, 0.2) is 12.4 Å². The average Bonchev–Trinajstić information content (AvgIpc) is 2.75. The molecule has 78 valence electrons. The zero-order valence-electron chi connectivity index (χ0n) is 9.08. The van der Waals surface area contributed by atoms with Crippen LogP contribution in [0.25, 0.3) is 0 Å². The van der Waals surface area contributed by atoms with E-state index in [-0.39, 0.29) is 0 Å². The van der Waals surface area contributed by atoms with Crippen molar-refractivity contribution in [1.82, 2.24) is 15.1 Å². The lowest BCUT2D eigenvalue weighted by molar-refractivity contribution is 0.499. The number of nitrogens with one attached hydrogen (secondary N) is 1. The van der Waals surface area contributed by atoms with E-state index in [0.717, 1.165) is 19.6 Å². The van der Waals surface area contributed by atoms with E-state index in [0.29, 0.717) is 5.41 Å². The summed E-state index contributed by atoms with van der Waals surface area (Å²) in [5.41, 5.74) is 1.89. The molecule has 3 heteroatoms. The van der Waals surface area contributed by atoms with Gasteiger partial charge >= 0.3 is 0 Å². The Morgan fingerprint density at radius 1 is 1.57 bits per heavy atom. The molecule has 0 amide bonds. The molecule has 0 radical (unpaired) electrons. The van der Waals surface area contributed by atoms with Crippen molar-refractivity contribution < 1.29 is 0 Å². The first-order chi connectivity index (χ1) is 6.72. The van der Waals surface area contributed by atoms with Crippen molar-refractivity contribution in [2.45, 2.75) is 39.8 Å². The fraction of sp³-hybridized carbons (Fsp3) is 0.727. The minimum atomic E-state index is 0.598. The molecular weight excluding hydrogens is 174 g/mol. The van der Waals surface area contributed by atoms with Crippen molar-refractivity contribution in [3.05, 3.63) is 18.0 Å². The van der Waals surface area contributed by atoms with Gasteiger partial charge in [-0.05, 0) is 25.2 Å². The summed E-state index contributed by atoms with van der Waals surface area (Å²) < 4.78 is 1.97. The number of rotatable bonds is 5. The Hall–Kier alpha value is -0.830. The Morgan fingerprint density at radius 2 is 2.36 bits per heavy atom. The van der Waals surface area contributed by atoms with Gasteiger partial charge in [0.15, 0.2) is 0 Å². The quantitative estimate of drug-likeness (QED) is 0.772. The predicted octanol–water partition coefficient (Wildman–Crippen LogP) is 1.79. The van der Waals surface area contributed by atoms with Gasteiger partial charge in [0.25, 0.3) is 0 Å². The van der Waals surface area contributed by atoms with Gasteiger partial charge in [-0.25, -0.2) is 0 Å². The molecule has 0 atom stereocenters. The highest BCUT2D eigenvalue weighted by Crippen LogP contribution is 2.44. The van der Waals surface area contributed by atoms with Crippen LogP contribution in [-0.2, 0) is 13.1 Å². The standard InChI is InChI=1S/C11H19N3/c1-3-14-8-10(7-13-14)6-12-9-11(2)4-5-11/h7-8,12H,3-6,9H2,1-2H3. The zero-order chi connectivity index (χ0) is 10.0. The summed E-state index contributed by atoms with van der Waals surface area (Å²) in [6.07, 6.45) is 6.83. The molecule has 0 saturated heterocycles. The van der Waals surface area contributed by atoms with E-state index >= 15 is 0 Å². The molecule has 0 unspecified atom stereocenters. The number of hydrogen-bond acceptors (Lipinski definition) is 2. The van der Waals surface area contributed by atoms with E-state index in [1.807, 2.05) is 10.9 Å². The van der Waals surface area contributed by atoms with Gasteiger partial charge in [0.2, 0.25) is 0 Å². The number of hydrogen-bond donors (Lipinski definition) is 1. The summed E-state index contributed by atoms with van der Waals surface area (Å²) in [5, 5.41) is 7.73. The second-order valence-electron chi connectivity index (χ2n) is 4.62. The first-order valence-corrected chi connectivity index (χ1v) is 5.44. The summed E-state index contributed by atoms with van der Waals surface area (Å²) in [5.74, 6) is 0. The summed E-state index contributed by atoms with van der Waals surface area (Å²) in [6, 6.07) is 0. The molecule has 1 N–H and O–H groups in total. The second-order valence-corrected chi connectivity index (χ2v) is 4.62. The predicted molar refractivity (Wildman–Crippen MR) is 56.9 cm³/mol. The van der Waals surface area contributed by atoms with Gasteiger partial charge < -0.3 is 5.32 Å². The molecule has 3 nitrogen and oxygen atoms in total. The SMILES string of the molecule is CCn1cc(CNCC2(C)CC2)cn1. The largest absolute Gasteiger partial charge is 0.312 e. The van der Waals surface area contributed by atoms with Gasteiger partial charge in [-0.2, -0.15) is 5.10 Å². The van der Waals surface area contributed by atoms with E-state index in [2.05, 4.69) is 30.5 Å². The van der Waals surface area contributed by atoms with Crippen LogP contribution in [0.4, 0.5) is 0 Å². The topological polar surface area (TPSA) is 29.9 Å². The summed E-state index contributed by atoms with van der Waals surface area (Å²) in [4.78, 5) is 0. The van der Waals surface area contributed by atoms with Crippen LogP contribution in [0, 0.1) is 5.41 Å². The van der Waals surface area contributed by atoms with Crippen molar-refractivity contribution in [3.8, 4) is 0 Å². The molecule has 1 aliphatic carbocycles. The molecule has 1 aliphatic rings. The van der Waals surface area contributed by atoms with Gasteiger partial charge in [-0.3, -0.25) is 4.68 Å². The smallest absolute Gasteiger partial charge is 0.0534 e. The molecule has 1 aromatic rings. The van der Waals surface area contributed by atoms with Crippen LogP contribution >= 0.6 is 0 Å². The van der Waals surface area contributed by atoms with Crippen LogP contribution in [0.3, 0.4) is 0 Å². The van der Waals surface area contributed by atoms with Crippen molar-refractivity contribution in [2.75, 3.05) is 6.54 Å². The van der Waals surface area contributed by atoms with E-state index in [9.17, 15) is 0 Å². The van der Waals surface area contributed by atoms with Crippen molar-refractivity contribution in [1.29, 1.82) is 0 Å².